The smallest absolute Gasteiger partial charge is 0.310 e. The van der Waals surface area contributed by atoms with Crippen LogP contribution in [0.4, 0.5) is 0 Å². The van der Waals surface area contributed by atoms with Gasteiger partial charge in [-0.2, -0.15) is 0 Å². The Hall–Kier alpha value is -4.78. The third-order valence-electron chi connectivity index (χ3n) is 11.0. The summed E-state index contributed by atoms with van der Waals surface area (Å²) in [6.45, 7) is 4.36. The van der Waals surface area contributed by atoms with E-state index in [1.54, 1.807) is 4.90 Å². The molecule has 3 aromatic carbocycles. The number of allylic oxidation sites excluding steroid dienone is 2. The van der Waals surface area contributed by atoms with Crippen molar-refractivity contribution in [3.05, 3.63) is 108 Å². The molecule has 258 valence electrons. The maximum absolute atomic E-state index is 14.7. The lowest BCUT2D eigenvalue weighted by Crippen LogP contribution is -2.45. The average molecular weight is 671 g/mol. The standard InChI is InChI=1S/C43H46N2O5/c1-28-12-11-13-30(20-28)22-32-16-7-4-3-5-10-17-33-25-43(33,42(48)49)26-39(46)38-23-34(27-45(38)41(32)47)50-40-24-36(31-14-8-6-9-15-31)44-37-21-29(2)18-19-35(37)40/h6,8-15,17-21,24,32-34,38H,3-5,7,16,22-23,25-27H2,1-2H3,(H,48,49)/b17-10-/t32-,33+,34-,38+,43-/m1/s1. The number of hydrogen-bond donors (Lipinski definition) is 1. The highest BCUT2D eigenvalue weighted by molar-refractivity contribution is 5.95. The van der Waals surface area contributed by atoms with Gasteiger partial charge in [-0.1, -0.05) is 91.2 Å². The summed E-state index contributed by atoms with van der Waals surface area (Å²) >= 11 is 0. The molecule has 1 aliphatic carbocycles. The van der Waals surface area contributed by atoms with Crippen LogP contribution in [0.25, 0.3) is 22.2 Å². The monoisotopic (exact) mass is 670 g/mol. The molecule has 7 nitrogen and oxygen atoms in total. The Morgan fingerprint density at radius 3 is 2.58 bits per heavy atom. The van der Waals surface area contributed by atoms with E-state index in [2.05, 4.69) is 31.2 Å². The predicted molar refractivity (Wildman–Crippen MR) is 195 cm³/mol. The molecule has 0 radical (unpaired) electrons. The topological polar surface area (TPSA) is 96.8 Å². The first kappa shape index (κ1) is 33.7. The summed E-state index contributed by atoms with van der Waals surface area (Å²) in [7, 11) is 0. The number of aromatic nitrogens is 1. The SMILES string of the molecule is Cc1cccc(C[C@H]2CCCCC/C=C\[C@H]3C[C@@]3(C(=O)O)CC(=O)[C@@H]3C[C@@H](Oc4cc(-c5ccccc5)nc5cc(C)ccc45)CN3C2=O)c1. The molecule has 2 aliphatic heterocycles. The second-order valence-corrected chi connectivity index (χ2v) is 14.7. The number of nitrogens with zero attached hydrogens (tertiary/aromatic N) is 2. The molecule has 4 aromatic rings. The molecule has 0 unspecified atom stereocenters. The molecule has 2 fully saturated rings. The second kappa shape index (κ2) is 14.2. The van der Waals surface area contributed by atoms with Gasteiger partial charge in [0, 0.05) is 35.8 Å². The Morgan fingerprint density at radius 2 is 1.78 bits per heavy atom. The van der Waals surface area contributed by atoms with E-state index in [0.717, 1.165) is 71.0 Å². The highest BCUT2D eigenvalue weighted by atomic mass is 16.5. The van der Waals surface area contributed by atoms with E-state index < -0.39 is 23.5 Å². The number of carboxylic acid groups (broad SMARTS) is 1. The molecule has 3 aliphatic rings. The number of fused-ring (bicyclic) bond motifs is 3. The second-order valence-electron chi connectivity index (χ2n) is 14.7. The first-order valence-corrected chi connectivity index (χ1v) is 18.1. The first-order chi connectivity index (χ1) is 24.2. The number of ketones is 1. The van der Waals surface area contributed by atoms with Crippen molar-refractivity contribution in [2.45, 2.75) is 83.8 Å². The van der Waals surface area contributed by atoms with Crippen molar-refractivity contribution in [2.24, 2.45) is 17.3 Å². The number of ether oxygens (including phenoxy) is 1. The van der Waals surface area contributed by atoms with Crippen LogP contribution in [0.2, 0.25) is 0 Å². The van der Waals surface area contributed by atoms with Crippen molar-refractivity contribution in [2.75, 3.05) is 6.54 Å². The van der Waals surface area contributed by atoms with Crippen LogP contribution in [-0.4, -0.2) is 51.3 Å². The lowest BCUT2D eigenvalue weighted by molar-refractivity contribution is -0.147. The number of amides is 1. The van der Waals surface area contributed by atoms with Crippen LogP contribution < -0.4 is 4.74 Å². The summed E-state index contributed by atoms with van der Waals surface area (Å²) in [6, 6.07) is 25.6. The van der Waals surface area contributed by atoms with Gasteiger partial charge in [0.05, 0.1) is 29.2 Å². The van der Waals surface area contributed by atoms with Crippen LogP contribution in [0.5, 0.6) is 5.75 Å². The molecule has 50 heavy (non-hydrogen) atoms. The van der Waals surface area contributed by atoms with E-state index >= 15 is 0 Å². The molecule has 3 heterocycles. The Morgan fingerprint density at radius 1 is 0.960 bits per heavy atom. The Bertz CT molecular complexity index is 1940. The van der Waals surface area contributed by atoms with Crippen molar-refractivity contribution >= 4 is 28.6 Å². The molecular formula is C43H46N2O5. The molecular weight excluding hydrogens is 624 g/mol. The molecule has 0 bridgehead atoms. The van der Waals surface area contributed by atoms with Gasteiger partial charge in [0.1, 0.15) is 11.9 Å². The highest BCUT2D eigenvalue weighted by Crippen LogP contribution is 2.57. The van der Waals surface area contributed by atoms with Crippen molar-refractivity contribution in [1.82, 2.24) is 9.88 Å². The predicted octanol–water partition coefficient (Wildman–Crippen LogP) is 8.30. The minimum absolute atomic E-state index is 0.0409. The first-order valence-electron chi connectivity index (χ1n) is 18.1. The number of rotatable bonds is 6. The van der Waals surface area contributed by atoms with E-state index in [1.807, 2.05) is 73.7 Å². The third kappa shape index (κ3) is 7.09. The summed E-state index contributed by atoms with van der Waals surface area (Å²) < 4.78 is 6.79. The van der Waals surface area contributed by atoms with Gasteiger partial charge in [-0.15, -0.1) is 0 Å². The van der Waals surface area contributed by atoms with Gasteiger partial charge in [0.2, 0.25) is 5.91 Å². The number of hydrogen-bond acceptors (Lipinski definition) is 5. The van der Waals surface area contributed by atoms with E-state index in [4.69, 9.17) is 9.72 Å². The van der Waals surface area contributed by atoms with Crippen molar-refractivity contribution < 1.29 is 24.2 Å². The van der Waals surface area contributed by atoms with Crippen LogP contribution in [0.15, 0.2) is 91.0 Å². The molecule has 1 saturated carbocycles. The molecule has 5 atom stereocenters. The number of aliphatic carboxylic acids is 1. The lowest BCUT2D eigenvalue weighted by atomic mass is 9.90. The fourth-order valence-electron chi connectivity index (χ4n) is 8.07. The van der Waals surface area contributed by atoms with Gasteiger partial charge in [0.25, 0.3) is 0 Å². The van der Waals surface area contributed by atoms with Crippen LogP contribution in [-0.2, 0) is 20.8 Å². The Labute approximate surface area is 294 Å². The fourth-order valence-corrected chi connectivity index (χ4v) is 8.07. The Kier molecular flexibility index (Phi) is 9.58. The zero-order valence-electron chi connectivity index (χ0n) is 29.0. The van der Waals surface area contributed by atoms with E-state index in [0.29, 0.717) is 25.0 Å². The number of carbonyl (C=O) groups is 3. The maximum Gasteiger partial charge on any atom is 0.310 e. The van der Waals surface area contributed by atoms with Crippen LogP contribution >= 0.6 is 0 Å². The number of aryl methyl sites for hydroxylation is 2. The van der Waals surface area contributed by atoms with Gasteiger partial charge < -0.3 is 14.7 Å². The van der Waals surface area contributed by atoms with Gasteiger partial charge in [0.15, 0.2) is 5.78 Å². The quantitative estimate of drug-likeness (QED) is 0.207. The van der Waals surface area contributed by atoms with Gasteiger partial charge in [-0.25, -0.2) is 4.98 Å². The van der Waals surface area contributed by atoms with Crippen molar-refractivity contribution in [1.29, 1.82) is 0 Å². The highest BCUT2D eigenvalue weighted by Gasteiger charge is 2.61. The van der Waals surface area contributed by atoms with Crippen LogP contribution in [0.1, 0.15) is 68.1 Å². The van der Waals surface area contributed by atoms with Gasteiger partial charge in [-0.3, -0.25) is 14.4 Å². The molecule has 1 aromatic heterocycles. The van der Waals surface area contributed by atoms with E-state index in [9.17, 15) is 19.5 Å². The van der Waals surface area contributed by atoms with Crippen molar-refractivity contribution in [3.8, 4) is 17.0 Å². The molecule has 1 amide bonds. The summed E-state index contributed by atoms with van der Waals surface area (Å²) in [5, 5.41) is 11.2. The minimum Gasteiger partial charge on any atom is -0.488 e. The number of Topliss-reactive ketones (excluding diaryl/α,β-unsaturated/α-hetero) is 1. The molecule has 7 rings (SSSR count). The summed E-state index contributed by atoms with van der Waals surface area (Å²) in [6.07, 6.45) is 9.42. The normalized spacial score (nSPS) is 26.4. The molecule has 0 spiro atoms. The molecule has 1 saturated heterocycles. The van der Waals surface area contributed by atoms with Gasteiger partial charge >= 0.3 is 5.97 Å². The molecule has 7 heteroatoms. The average Bonchev–Trinajstić information content (AvgIpc) is 3.64. The number of pyridine rings is 1. The van der Waals surface area contributed by atoms with Crippen LogP contribution in [0, 0.1) is 31.1 Å². The molecule has 1 N–H and O–H groups in total. The van der Waals surface area contributed by atoms with Crippen LogP contribution in [0.3, 0.4) is 0 Å². The summed E-state index contributed by atoms with van der Waals surface area (Å²) in [5.74, 6) is -0.954. The van der Waals surface area contributed by atoms with Crippen molar-refractivity contribution in [3.63, 3.8) is 0 Å². The largest absolute Gasteiger partial charge is 0.488 e. The van der Waals surface area contributed by atoms with E-state index in [-0.39, 0.29) is 36.5 Å². The zero-order valence-corrected chi connectivity index (χ0v) is 29.0. The minimum atomic E-state index is -1.11. The fraction of sp³-hybridized carbons (Fsp3) is 0.395. The van der Waals surface area contributed by atoms with Gasteiger partial charge in [-0.05, 0) is 75.1 Å². The Balaban J connectivity index is 1.23. The number of benzene rings is 3. The lowest BCUT2D eigenvalue weighted by Gasteiger charge is -2.29. The number of carbonyl (C=O) groups excluding carboxylic acids is 2. The summed E-state index contributed by atoms with van der Waals surface area (Å²) in [4.78, 5) is 48.2. The summed E-state index contributed by atoms with van der Waals surface area (Å²) in [5.41, 5.74) is 4.81. The zero-order chi connectivity index (χ0) is 34.8. The number of carboxylic acids is 1. The van der Waals surface area contributed by atoms with E-state index in [1.165, 1.54) is 0 Å². The third-order valence-corrected chi connectivity index (χ3v) is 11.0. The maximum atomic E-state index is 14.7.